The predicted molar refractivity (Wildman–Crippen MR) is 63.9 cm³/mol. The average Bonchev–Trinajstić information content (AvgIpc) is 2.27. The van der Waals surface area contributed by atoms with Crippen LogP contribution in [0.1, 0.15) is 50.7 Å². The molecule has 0 radical (unpaired) electrons. The average molecular weight is 244 g/mol. The molecule has 0 amide bonds. The second kappa shape index (κ2) is 5.56. The SMILES string of the molecule is CC.CC1CC(c2cccc(C(F)(F)F)c2)C1. The molecule has 0 nitrogen and oxygen atoms in total. The third kappa shape index (κ3) is 3.48. The van der Waals surface area contributed by atoms with Crippen molar-refractivity contribution in [2.45, 2.75) is 45.7 Å². The van der Waals surface area contributed by atoms with Gasteiger partial charge in [0.2, 0.25) is 0 Å². The Kier molecular flexibility index (Phi) is 4.61. The molecule has 0 bridgehead atoms. The lowest BCUT2D eigenvalue weighted by molar-refractivity contribution is -0.137. The van der Waals surface area contributed by atoms with Gasteiger partial charge in [-0.25, -0.2) is 0 Å². The van der Waals surface area contributed by atoms with Crippen molar-refractivity contribution in [2.24, 2.45) is 5.92 Å². The van der Waals surface area contributed by atoms with Crippen molar-refractivity contribution in [2.75, 3.05) is 0 Å². The summed E-state index contributed by atoms with van der Waals surface area (Å²) < 4.78 is 37.3. The molecule has 1 aliphatic carbocycles. The van der Waals surface area contributed by atoms with Gasteiger partial charge in [-0.15, -0.1) is 0 Å². The molecule has 0 heterocycles. The van der Waals surface area contributed by atoms with Crippen molar-refractivity contribution in [1.82, 2.24) is 0 Å². The predicted octanol–water partition coefficient (Wildman–Crippen LogP) is 5.25. The van der Waals surface area contributed by atoms with Crippen LogP contribution in [0.3, 0.4) is 0 Å². The van der Waals surface area contributed by atoms with Gasteiger partial charge in [0, 0.05) is 0 Å². The Bertz CT molecular complexity index is 349. The summed E-state index contributed by atoms with van der Waals surface area (Å²) in [6.45, 7) is 6.13. The van der Waals surface area contributed by atoms with Gasteiger partial charge in [-0.05, 0) is 36.3 Å². The van der Waals surface area contributed by atoms with E-state index in [1.54, 1.807) is 6.07 Å². The van der Waals surface area contributed by atoms with Crippen molar-refractivity contribution < 1.29 is 13.2 Å². The van der Waals surface area contributed by atoms with Gasteiger partial charge in [0.1, 0.15) is 0 Å². The number of alkyl halides is 3. The highest BCUT2D eigenvalue weighted by molar-refractivity contribution is 5.29. The summed E-state index contributed by atoms with van der Waals surface area (Å²) in [5.74, 6) is 0.992. The molecule has 1 aromatic rings. The van der Waals surface area contributed by atoms with Crippen LogP contribution < -0.4 is 0 Å². The first kappa shape index (κ1) is 14.1. The minimum Gasteiger partial charge on any atom is -0.166 e. The van der Waals surface area contributed by atoms with Crippen molar-refractivity contribution in [1.29, 1.82) is 0 Å². The van der Waals surface area contributed by atoms with E-state index in [1.165, 1.54) is 12.1 Å². The van der Waals surface area contributed by atoms with E-state index in [2.05, 4.69) is 6.92 Å². The smallest absolute Gasteiger partial charge is 0.166 e. The van der Waals surface area contributed by atoms with Crippen LogP contribution in [0.4, 0.5) is 13.2 Å². The van der Waals surface area contributed by atoms with Gasteiger partial charge in [0.25, 0.3) is 0 Å². The molecule has 0 aromatic heterocycles. The molecule has 1 aliphatic rings. The number of hydrogen-bond donors (Lipinski definition) is 0. The fourth-order valence-corrected chi connectivity index (χ4v) is 2.14. The van der Waals surface area contributed by atoms with E-state index in [0.717, 1.165) is 24.5 Å². The van der Waals surface area contributed by atoms with Crippen LogP contribution in [-0.2, 0) is 6.18 Å². The molecular weight excluding hydrogens is 225 g/mol. The van der Waals surface area contributed by atoms with Crippen LogP contribution in [-0.4, -0.2) is 0 Å². The summed E-state index contributed by atoms with van der Waals surface area (Å²) in [5, 5.41) is 0. The van der Waals surface area contributed by atoms with E-state index < -0.39 is 11.7 Å². The van der Waals surface area contributed by atoms with Crippen molar-refractivity contribution >= 4 is 0 Å². The van der Waals surface area contributed by atoms with E-state index in [9.17, 15) is 13.2 Å². The Morgan fingerprint density at radius 2 is 1.71 bits per heavy atom. The molecule has 1 saturated carbocycles. The Morgan fingerprint density at radius 1 is 1.12 bits per heavy atom. The van der Waals surface area contributed by atoms with E-state index in [0.29, 0.717) is 11.8 Å². The quantitative estimate of drug-likeness (QED) is 0.633. The van der Waals surface area contributed by atoms with Crippen LogP contribution >= 0.6 is 0 Å². The highest BCUT2D eigenvalue weighted by atomic mass is 19.4. The Morgan fingerprint density at radius 3 is 2.18 bits per heavy atom. The minimum absolute atomic E-state index is 0.335. The Labute approximate surface area is 101 Å². The van der Waals surface area contributed by atoms with Gasteiger partial charge >= 0.3 is 6.18 Å². The van der Waals surface area contributed by atoms with E-state index in [4.69, 9.17) is 0 Å². The normalized spacial score (nSPS) is 23.4. The zero-order chi connectivity index (χ0) is 13.1. The van der Waals surface area contributed by atoms with Crippen LogP contribution in [0.2, 0.25) is 0 Å². The highest BCUT2D eigenvalue weighted by Crippen LogP contribution is 2.42. The summed E-state index contributed by atoms with van der Waals surface area (Å²) in [5.41, 5.74) is 0.308. The molecule has 0 atom stereocenters. The third-order valence-electron chi connectivity index (χ3n) is 3.06. The molecule has 2 rings (SSSR count). The lowest BCUT2D eigenvalue weighted by atomic mass is 9.72. The molecular formula is C14H19F3. The number of benzene rings is 1. The zero-order valence-corrected chi connectivity index (χ0v) is 10.5. The first-order valence-electron chi connectivity index (χ1n) is 6.14. The van der Waals surface area contributed by atoms with Crippen LogP contribution in [0, 0.1) is 5.92 Å². The van der Waals surface area contributed by atoms with E-state index in [1.807, 2.05) is 13.8 Å². The van der Waals surface area contributed by atoms with Crippen molar-refractivity contribution in [3.63, 3.8) is 0 Å². The largest absolute Gasteiger partial charge is 0.416 e. The summed E-state index contributed by atoms with van der Waals surface area (Å²) in [4.78, 5) is 0. The fraction of sp³-hybridized carbons (Fsp3) is 0.571. The second-order valence-electron chi connectivity index (χ2n) is 4.40. The molecule has 0 aliphatic heterocycles. The molecule has 0 N–H and O–H groups in total. The maximum Gasteiger partial charge on any atom is 0.416 e. The maximum atomic E-state index is 12.4. The summed E-state index contributed by atoms with van der Waals surface area (Å²) >= 11 is 0. The molecule has 3 heteroatoms. The van der Waals surface area contributed by atoms with Gasteiger partial charge in [-0.2, -0.15) is 13.2 Å². The monoisotopic (exact) mass is 244 g/mol. The van der Waals surface area contributed by atoms with Gasteiger partial charge in [-0.1, -0.05) is 39.0 Å². The van der Waals surface area contributed by atoms with Crippen molar-refractivity contribution in [3.8, 4) is 0 Å². The van der Waals surface area contributed by atoms with Gasteiger partial charge < -0.3 is 0 Å². The summed E-state index contributed by atoms with van der Waals surface area (Å²) in [6, 6.07) is 5.72. The van der Waals surface area contributed by atoms with Gasteiger partial charge in [-0.3, -0.25) is 0 Å². The van der Waals surface area contributed by atoms with Crippen molar-refractivity contribution in [3.05, 3.63) is 35.4 Å². The molecule has 96 valence electrons. The number of rotatable bonds is 1. The lowest BCUT2D eigenvalue weighted by Gasteiger charge is -2.33. The summed E-state index contributed by atoms with van der Waals surface area (Å²) in [7, 11) is 0. The fourth-order valence-electron chi connectivity index (χ4n) is 2.14. The Balaban J connectivity index is 0.000000686. The highest BCUT2D eigenvalue weighted by Gasteiger charge is 2.32. The molecule has 1 aromatic carbocycles. The molecule has 17 heavy (non-hydrogen) atoms. The molecule has 0 spiro atoms. The molecule has 1 fully saturated rings. The standard InChI is InChI=1S/C12H13F3.C2H6/c1-8-5-10(6-8)9-3-2-4-11(7-9)12(13,14)15;1-2/h2-4,7-8,10H,5-6H2,1H3;1-2H3. The van der Waals surface area contributed by atoms with Gasteiger partial charge in [0.15, 0.2) is 0 Å². The number of halogens is 3. The second-order valence-corrected chi connectivity index (χ2v) is 4.40. The van der Waals surface area contributed by atoms with Crippen LogP contribution in [0.15, 0.2) is 24.3 Å². The van der Waals surface area contributed by atoms with Gasteiger partial charge in [0.05, 0.1) is 5.56 Å². The minimum atomic E-state index is -4.22. The lowest BCUT2D eigenvalue weighted by Crippen LogP contribution is -2.19. The topological polar surface area (TPSA) is 0 Å². The zero-order valence-electron chi connectivity index (χ0n) is 10.5. The Hall–Kier alpha value is -0.990. The first-order chi connectivity index (χ1) is 7.97. The molecule has 0 unspecified atom stereocenters. The van der Waals surface area contributed by atoms with E-state index >= 15 is 0 Å². The van der Waals surface area contributed by atoms with Crippen LogP contribution in [0.25, 0.3) is 0 Å². The van der Waals surface area contributed by atoms with E-state index in [-0.39, 0.29) is 0 Å². The van der Waals surface area contributed by atoms with Crippen LogP contribution in [0.5, 0.6) is 0 Å². The number of hydrogen-bond acceptors (Lipinski definition) is 0. The summed E-state index contributed by atoms with van der Waals surface area (Å²) in [6.07, 6.45) is -2.19. The molecule has 0 saturated heterocycles. The maximum absolute atomic E-state index is 12.4. The third-order valence-corrected chi connectivity index (χ3v) is 3.06. The first-order valence-corrected chi connectivity index (χ1v) is 6.14.